The Morgan fingerprint density at radius 1 is 1.21 bits per heavy atom. The van der Waals surface area contributed by atoms with Crippen molar-refractivity contribution in [1.82, 2.24) is 23.7 Å². The Morgan fingerprint density at radius 2 is 2.03 bits per heavy atom. The second-order valence-electron chi connectivity index (χ2n) is 7.47. The van der Waals surface area contributed by atoms with Crippen molar-refractivity contribution < 1.29 is 18.0 Å². The number of rotatable bonds is 7. The van der Waals surface area contributed by atoms with Gasteiger partial charge in [0.2, 0.25) is 21.8 Å². The van der Waals surface area contributed by atoms with Gasteiger partial charge in [-0.1, -0.05) is 6.07 Å². The molecule has 2 heterocycles. The zero-order chi connectivity index (χ0) is 20.4. The van der Waals surface area contributed by atoms with Crippen LogP contribution in [0.5, 0.6) is 0 Å². The summed E-state index contributed by atoms with van der Waals surface area (Å²) in [4.78, 5) is 24.4. The summed E-state index contributed by atoms with van der Waals surface area (Å²) in [5.41, 5.74) is 0.914. The highest BCUT2D eigenvalue weighted by Gasteiger charge is 2.34. The van der Waals surface area contributed by atoms with Crippen LogP contribution in [0, 0.1) is 5.92 Å². The lowest BCUT2D eigenvalue weighted by atomic mass is 9.99. The van der Waals surface area contributed by atoms with Crippen molar-refractivity contribution in [2.45, 2.75) is 43.0 Å². The van der Waals surface area contributed by atoms with E-state index in [-0.39, 0.29) is 36.2 Å². The van der Waals surface area contributed by atoms with Crippen LogP contribution in [0.25, 0.3) is 11.0 Å². The number of sulfonamides is 1. The number of hydrogen-bond acceptors (Lipinski definition) is 7. The molecule has 1 aromatic carbocycles. The average molecular weight is 438 g/mol. The number of carbonyl (C=O) groups is 2. The summed E-state index contributed by atoms with van der Waals surface area (Å²) in [5, 5.41) is 5.65. The van der Waals surface area contributed by atoms with Gasteiger partial charge in [-0.05, 0) is 37.8 Å². The molecule has 0 radical (unpaired) electrons. The summed E-state index contributed by atoms with van der Waals surface area (Å²) < 4.78 is 35.9. The van der Waals surface area contributed by atoms with Crippen molar-refractivity contribution in [2.75, 3.05) is 19.6 Å². The molecule has 0 unspecified atom stereocenters. The third-order valence-electron chi connectivity index (χ3n) is 5.22. The number of aromatic nitrogens is 2. The maximum Gasteiger partial charge on any atom is 0.245 e. The topological polar surface area (TPSA) is 121 Å². The molecule has 1 aliphatic heterocycles. The standard InChI is InChI=1S/C18H23N5O4S2/c24-16(20-13-6-7-13)8-9-19-18(25)12-3-2-10-23(11-12)29(26,27)15-5-1-4-14-17(15)22-28-21-14/h1,4-5,12-13H,2-3,6-11H2,(H,19,25)(H,20,24)/t12-/m1/s1. The largest absolute Gasteiger partial charge is 0.355 e. The molecule has 0 bridgehead atoms. The summed E-state index contributed by atoms with van der Waals surface area (Å²) >= 11 is 0.974. The number of benzene rings is 1. The van der Waals surface area contributed by atoms with Crippen LogP contribution in [0.15, 0.2) is 23.1 Å². The fourth-order valence-electron chi connectivity index (χ4n) is 3.47. The molecule has 29 heavy (non-hydrogen) atoms. The van der Waals surface area contributed by atoms with E-state index < -0.39 is 15.9 Å². The van der Waals surface area contributed by atoms with Gasteiger partial charge in [0.05, 0.1) is 17.6 Å². The zero-order valence-electron chi connectivity index (χ0n) is 15.8. The molecule has 11 heteroatoms. The molecule has 2 N–H and O–H groups in total. The van der Waals surface area contributed by atoms with Crippen LogP contribution in [-0.2, 0) is 19.6 Å². The minimum Gasteiger partial charge on any atom is -0.355 e. The molecular formula is C18H23N5O4S2. The maximum absolute atomic E-state index is 13.2. The van der Waals surface area contributed by atoms with E-state index in [4.69, 9.17) is 0 Å². The Hall–Kier alpha value is -2.11. The second-order valence-corrected chi connectivity index (χ2v) is 9.91. The Labute approximate surface area is 173 Å². The first-order valence-corrected chi connectivity index (χ1v) is 11.9. The molecule has 1 atom stereocenters. The molecule has 2 aliphatic rings. The third-order valence-corrected chi connectivity index (χ3v) is 7.65. The first-order chi connectivity index (χ1) is 13.9. The first-order valence-electron chi connectivity index (χ1n) is 9.73. The highest BCUT2D eigenvalue weighted by molar-refractivity contribution is 7.89. The van der Waals surface area contributed by atoms with E-state index >= 15 is 0 Å². The van der Waals surface area contributed by atoms with Gasteiger partial charge in [-0.15, -0.1) is 0 Å². The van der Waals surface area contributed by atoms with E-state index in [0.29, 0.717) is 36.5 Å². The van der Waals surface area contributed by atoms with Gasteiger partial charge in [0, 0.05) is 32.1 Å². The van der Waals surface area contributed by atoms with E-state index in [9.17, 15) is 18.0 Å². The summed E-state index contributed by atoms with van der Waals surface area (Å²) in [7, 11) is -3.77. The number of carbonyl (C=O) groups excluding carboxylic acids is 2. The summed E-state index contributed by atoms with van der Waals surface area (Å²) in [6, 6.07) is 5.20. The van der Waals surface area contributed by atoms with Crippen LogP contribution in [0.1, 0.15) is 32.1 Å². The number of nitrogens with one attached hydrogen (secondary N) is 2. The van der Waals surface area contributed by atoms with E-state index in [1.165, 1.54) is 10.4 Å². The van der Waals surface area contributed by atoms with Gasteiger partial charge in [0.1, 0.15) is 15.9 Å². The fraction of sp³-hybridized carbons (Fsp3) is 0.556. The van der Waals surface area contributed by atoms with Gasteiger partial charge < -0.3 is 10.6 Å². The van der Waals surface area contributed by atoms with Crippen molar-refractivity contribution in [3.05, 3.63) is 18.2 Å². The first kappa shape index (κ1) is 20.2. The average Bonchev–Trinajstić information content (AvgIpc) is 3.39. The third kappa shape index (κ3) is 4.57. The Kier molecular flexibility index (Phi) is 5.79. The fourth-order valence-corrected chi connectivity index (χ4v) is 5.75. The smallest absolute Gasteiger partial charge is 0.245 e. The number of nitrogens with zero attached hydrogens (tertiary/aromatic N) is 3. The van der Waals surface area contributed by atoms with E-state index in [1.807, 2.05) is 0 Å². The molecule has 2 aromatic rings. The minimum atomic E-state index is -3.77. The van der Waals surface area contributed by atoms with Crippen molar-refractivity contribution >= 4 is 44.6 Å². The highest BCUT2D eigenvalue weighted by atomic mass is 32.2. The Balaban J connectivity index is 1.37. The summed E-state index contributed by atoms with van der Waals surface area (Å²) in [6.07, 6.45) is 3.50. The van der Waals surface area contributed by atoms with Crippen molar-refractivity contribution in [3.8, 4) is 0 Å². The zero-order valence-corrected chi connectivity index (χ0v) is 17.5. The number of fused-ring (bicyclic) bond motifs is 1. The Bertz CT molecular complexity index is 1020. The van der Waals surface area contributed by atoms with Crippen LogP contribution < -0.4 is 10.6 Å². The molecule has 0 spiro atoms. The lowest BCUT2D eigenvalue weighted by Gasteiger charge is -2.31. The van der Waals surface area contributed by atoms with Crippen molar-refractivity contribution in [3.63, 3.8) is 0 Å². The number of hydrogen-bond donors (Lipinski definition) is 2. The molecule has 156 valence electrons. The molecule has 9 nitrogen and oxygen atoms in total. The molecule has 1 aliphatic carbocycles. The molecule has 1 saturated carbocycles. The molecule has 1 saturated heterocycles. The molecule has 4 rings (SSSR count). The molecular weight excluding hydrogens is 414 g/mol. The lowest BCUT2D eigenvalue weighted by molar-refractivity contribution is -0.126. The lowest BCUT2D eigenvalue weighted by Crippen LogP contribution is -2.45. The minimum absolute atomic E-state index is 0.0642. The van der Waals surface area contributed by atoms with E-state index in [0.717, 1.165) is 24.6 Å². The maximum atomic E-state index is 13.2. The van der Waals surface area contributed by atoms with Crippen LogP contribution in [-0.4, -0.2) is 59.0 Å². The van der Waals surface area contributed by atoms with Crippen molar-refractivity contribution in [2.24, 2.45) is 5.92 Å². The summed E-state index contributed by atoms with van der Waals surface area (Å²) in [5.74, 6) is -0.707. The van der Waals surface area contributed by atoms with E-state index in [2.05, 4.69) is 19.4 Å². The van der Waals surface area contributed by atoms with Gasteiger partial charge in [-0.3, -0.25) is 9.59 Å². The van der Waals surface area contributed by atoms with E-state index in [1.54, 1.807) is 12.1 Å². The molecule has 2 fully saturated rings. The molecule has 1 aromatic heterocycles. The van der Waals surface area contributed by atoms with Crippen LogP contribution >= 0.6 is 11.7 Å². The number of piperidine rings is 1. The second kappa shape index (κ2) is 8.33. The van der Waals surface area contributed by atoms with Gasteiger partial charge in [-0.25, -0.2) is 8.42 Å². The van der Waals surface area contributed by atoms with Crippen LogP contribution in [0.2, 0.25) is 0 Å². The monoisotopic (exact) mass is 437 g/mol. The molecule has 2 amide bonds. The van der Waals surface area contributed by atoms with Crippen LogP contribution in [0.3, 0.4) is 0 Å². The number of amides is 2. The highest BCUT2D eigenvalue weighted by Crippen LogP contribution is 2.28. The summed E-state index contributed by atoms with van der Waals surface area (Å²) in [6.45, 7) is 0.741. The van der Waals surface area contributed by atoms with Gasteiger partial charge >= 0.3 is 0 Å². The quantitative estimate of drug-likeness (QED) is 0.663. The predicted molar refractivity (Wildman–Crippen MR) is 108 cm³/mol. The van der Waals surface area contributed by atoms with Crippen molar-refractivity contribution in [1.29, 1.82) is 0 Å². The SMILES string of the molecule is O=C(CCNC(=O)[C@@H]1CCCN(S(=O)(=O)c2cccc3nsnc23)C1)NC1CC1. The predicted octanol–water partition coefficient (Wildman–Crippen LogP) is 0.877. The van der Waals surface area contributed by atoms with Gasteiger partial charge in [-0.2, -0.15) is 13.1 Å². The van der Waals surface area contributed by atoms with Crippen LogP contribution in [0.4, 0.5) is 0 Å². The van der Waals surface area contributed by atoms with Gasteiger partial charge in [0.25, 0.3) is 0 Å². The normalized spacial score (nSPS) is 20.5. The Morgan fingerprint density at radius 3 is 2.83 bits per heavy atom. The van der Waals surface area contributed by atoms with Gasteiger partial charge in [0.15, 0.2) is 0 Å².